The van der Waals surface area contributed by atoms with Gasteiger partial charge >= 0.3 is 0 Å². The summed E-state index contributed by atoms with van der Waals surface area (Å²) in [5.41, 5.74) is 0. The molecule has 0 spiro atoms. The van der Waals surface area contributed by atoms with Crippen molar-refractivity contribution in [1.29, 1.82) is 0 Å². The predicted molar refractivity (Wildman–Crippen MR) is 51.2 cm³/mol. The summed E-state index contributed by atoms with van der Waals surface area (Å²) >= 11 is 0. The van der Waals surface area contributed by atoms with Gasteiger partial charge in [0.2, 0.25) is 0 Å². The third-order valence-corrected chi connectivity index (χ3v) is 3.29. The molecule has 1 N–H and O–H groups in total. The van der Waals surface area contributed by atoms with E-state index < -0.39 is 0 Å². The van der Waals surface area contributed by atoms with Gasteiger partial charge in [-0.2, -0.15) is 0 Å². The van der Waals surface area contributed by atoms with E-state index in [4.69, 9.17) is 0 Å². The van der Waals surface area contributed by atoms with Gasteiger partial charge in [-0.25, -0.2) is 0 Å². The first-order chi connectivity index (χ1) is 5.90. The Morgan fingerprint density at radius 2 is 2.17 bits per heavy atom. The first-order valence-corrected chi connectivity index (χ1v) is 5.36. The summed E-state index contributed by atoms with van der Waals surface area (Å²) < 4.78 is 0. The molecule has 2 fully saturated rings. The van der Waals surface area contributed by atoms with Crippen molar-refractivity contribution in [3.8, 4) is 0 Å². The number of hydrogen-bond acceptors (Lipinski definition) is 2. The van der Waals surface area contributed by atoms with E-state index in [0.29, 0.717) is 0 Å². The van der Waals surface area contributed by atoms with Crippen molar-refractivity contribution >= 4 is 0 Å². The van der Waals surface area contributed by atoms with E-state index in [-0.39, 0.29) is 0 Å². The monoisotopic (exact) mass is 168 g/mol. The summed E-state index contributed by atoms with van der Waals surface area (Å²) in [7, 11) is 0. The Hall–Kier alpha value is -0.0800. The minimum absolute atomic E-state index is 0.837. The number of nitrogens with one attached hydrogen (secondary N) is 1. The van der Waals surface area contributed by atoms with Gasteiger partial charge in [-0.1, -0.05) is 6.92 Å². The molecule has 0 aromatic rings. The molecule has 3 atom stereocenters. The molecule has 2 aliphatic rings. The van der Waals surface area contributed by atoms with Crippen LogP contribution in [0.3, 0.4) is 0 Å². The Morgan fingerprint density at radius 3 is 3.00 bits per heavy atom. The average Bonchev–Trinajstić information content (AvgIpc) is 2.48. The largest absolute Gasteiger partial charge is 0.314 e. The Labute approximate surface area is 75.3 Å². The van der Waals surface area contributed by atoms with Crippen molar-refractivity contribution in [3.05, 3.63) is 0 Å². The van der Waals surface area contributed by atoms with Crippen molar-refractivity contribution < 1.29 is 0 Å². The third kappa shape index (κ3) is 1.64. The molecule has 2 aliphatic heterocycles. The number of hydrogen-bond donors (Lipinski definition) is 1. The summed E-state index contributed by atoms with van der Waals surface area (Å²) in [6, 6.07) is 0.837. The van der Waals surface area contributed by atoms with E-state index in [2.05, 4.69) is 17.1 Å². The molecule has 2 nitrogen and oxygen atoms in total. The lowest BCUT2D eigenvalue weighted by Gasteiger charge is -2.31. The molecule has 3 unspecified atom stereocenters. The standard InChI is InChI=1S/C10H20N2/c1-2-5-11-10-4-7-12-6-3-9(10)8-12/h9-11H,2-8H2,1H3. The molecule has 2 rings (SSSR count). The number of fused-ring (bicyclic) bond motifs is 2. The number of rotatable bonds is 3. The number of nitrogens with zero attached hydrogens (tertiary/aromatic N) is 1. The van der Waals surface area contributed by atoms with Crippen molar-refractivity contribution in [2.24, 2.45) is 5.92 Å². The van der Waals surface area contributed by atoms with Crippen LogP contribution >= 0.6 is 0 Å². The minimum atomic E-state index is 0.837. The highest BCUT2D eigenvalue weighted by Crippen LogP contribution is 2.26. The molecular weight excluding hydrogens is 148 g/mol. The fraction of sp³-hybridized carbons (Fsp3) is 1.00. The van der Waals surface area contributed by atoms with Crippen LogP contribution in [-0.4, -0.2) is 37.1 Å². The maximum Gasteiger partial charge on any atom is 0.0120 e. The predicted octanol–water partition coefficient (Wildman–Crippen LogP) is 1.08. The zero-order chi connectivity index (χ0) is 8.39. The molecular formula is C10H20N2. The zero-order valence-electron chi connectivity index (χ0n) is 8.05. The lowest BCUT2D eigenvalue weighted by molar-refractivity contribution is 0.221. The van der Waals surface area contributed by atoms with Crippen LogP contribution in [0.4, 0.5) is 0 Å². The van der Waals surface area contributed by atoms with Crippen LogP contribution in [0.1, 0.15) is 26.2 Å². The second kappa shape index (κ2) is 3.75. The van der Waals surface area contributed by atoms with Crippen molar-refractivity contribution in [3.63, 3.8) is 0 Å². The van der Waals surface area contributed by atoms with Crippen LogP contribution in [0.25, 0.3) is 0 Å². The van der Waals surface area contributed by atoms with E-state index in [0.717, 1.165) is 12.0 Å². The summed E-state index contributed by atoms with van der Waals surface area (Å²) in [5.74, 6) is 0.963. The fourth-order valence-electron chi connectivity index (χ4n) is 2.55. The van der Waals surface area contributed by atoms with E-state index in [1.165, 1.54) is 45.4 Å². The average molecular weight is 168 g/mol. The first kappa shape index (κ1) is 8.52. The molecule has 0 radical (unpaired) electrons. The van der Waals surface area contributed by atoms with E-state index >= 15 is 0 Å². The molecule has 12 heavy (non-hydrogen) atoms. The van der Waals surface area contributed by atoms with Gasteiger partial charge in [-0.15, -0.1) is 0 Å². The smallest absolute Gasteiger partial charge is 0.0120 e. The van der Waals surface area contributed by atoms with Crippen LogP contribution in [0.5, 0.6) is 0 Å². The summed E-state index contributed by atoms with van der Waals surface area (Å²) in [4.78, 5) is 2.61. The SMILES string of the molecule is CCCNC1CCN2CCC1C2. The summed E-state index contributed by atoms with van der Waals surface area (Å²) in [6.07, 6.45) is 4.08. The molecule has 2 saturated heterocycles. The Balaban J connectivity index is 1.81. The van der Waals surface area contributed by atoms with Gasteiger partial charge in [-0.05, 0) is 44.8 Å². The summed E-state index contributed by atoms with van der Waals surface area (Å²) in [6.45, 7) is 7.51. The number of piperidine rings is 1. The Morgan fingerprint density at radius 1 is 1.33 bits per heavy atom. The molecule has 2 heterocycles. The van der Waals surface area contributed by atoms with Gasteiger partial charge in [0, 0.05) is 12.6 Å². The highest BCUT2D eigenvalue weighted by atomic mass is 15.2. The van der Waals surface area contributed by atoms with Gasteiger partial charge in [0.1, 0.15) is 0 Å². The molecule has 70 valence electrons. The van der Waals surface area contributed by atoms with Gasteiger partial charge in [0.25, 0.3) is 0 Å². The third-order valence-electron chi connectivity index (χ3n) is 3.29. The van der Waals surface area contributed by atoms with Gasteiger partial charge < -0.3 is 10.2 Å². The molecule has 0 amide bonds. The zero-order valence-corrected chi connectivity index (χ0v) is 8.05. The molecule has 0 aromatic heterocycles. The van der Waals surface area contributed by atoms with Crippen LogP contribution in [0, 0.1) is 5.92 Å². The van der Waals surface area contributed by atoms with Crippen LogP contribution in [0.2, 0.25) is 0 Å². The maximum atomic E-state index is 3.67. The second-order valence-corrected chi connectivity index (χ2v) is 4.20. The highest BCUT2D eigenvalue weighted by molar-refractivity contribution is 4.90. The van der Waals surface area contributed by atoms with Crippen molar-refractivity contribution in [2.45, 2.75) is 32.2 Å². The Bertz CT molecular complexity index is 147. The molecule has 0 aliphatic carbocycles. The Kier molecular flexibility index (Phi) is 2.66. The lowest BCUT2D eigenvalue weighted by Crippen LogP contribution is -2.44. The fourth-order valence-corrected chi connectivity index (χ4v) is 2.55. The van der Waals surface area contributed by atoms with Crippen LogP contribution in [-0.2, 0) is 0 Å². The summed E-state index contributed by atoms with van der Waals surface area (Å²) in [5, 5.41) is 3.67. The van der Waals surface area contributed by atoms with Gasteiger partial charge in [0.05, 0.1) is 0 Å². The minimum Gasteiger partial charge on any atom is -0.314 e. The van der Waals surface area contributed by atoms with Crippen LogP contribution < -0.4 is 5.32 Å². The topological polar surface area (TPSA) is 15.3 Å². The normalized spacial score (nSPS) is 40.2. The highest BCUT2D eigenvalue weighted by Gasteiger charge is 2.33. The first-order valence-electron chi connectivity index (χ1n) is 5.36. The van der Waals surface area contributed by atoms with E-state index in [1.807, 2.05) is 0 Å². The molecule has 2 heteroatoms. The second-order valence-electron chi connectivity index (χ2n) is 4.20. The molecule has 0 saturated carbocycles. The van der Waals surface area contributed by atoms with Crippen molar-refractivity contribution in [1.82, 2.24) is 10.2 Å². The van der Waals surface area contributed by atoms with E-state index in [9.17, 15) is 0 Å². The molecule has 2 bridgehead atoms. The maximum absolute atomic E-state index is 3.67. The van der Waals surface area contributed by atoms with Crippen LogP contribution in [0.15, 0.2) is 0 Å². The van der Waals surface area contributed by atoms with Crippen molar-refractivity contribution in [2.75, 3.05) is 26.2 Å². The van der Waals surface area contributed by atoms with E-state index in [1.54, 1.807) is 0 Å². The van der Waals surface area contributed by atoms with Gasteiger partial charge in [-0.3, -0.25) is 0 Å². The van der Waals surface area contributed by atoms with Gasteiger partial charge in [0.15, 0.2) is 0 Å². The quantitative estimate of drug-likeness (QED) is 0.678. The lowest BCUT2D eigenvalue weighted by atomic mass is 9.94. The molecule has 0 aromatic carbocycles.